The van der Waals surface area contributed by atoms with Gasteiger partial charge in [0, 0.05) is 28.8 Å². The van der Waals surface area contributed by atoms with Crippen LogP contribution in [-0.4, -0.2) is 21.0 Å². The van der Waals surface area contributed by atoms with E-state index in [9.17, 15) is 14.9 Å². The molecule has 2 aromatic carbocycles. The van der Waals surface area contributed by atoms with Crippen LogP contribution in [0.3, 0.4) is 0 Å². The van der Waals surface area contributed by atoms with Crippen molar-refractivity contribution in [3.8, 4) is 0 Å². The highest BCUT2D eigenvalue weighted by molar-refractivity contribution is 6.05. The van der Waals surface area contributed by atoms with Gasteiger partial charge in [0.1, 0.15) is 0 Å². The van der Waals surface area contributed by atoms with Crippen LogP contribution >= 0.6 is 0 Å². The van der Waals surface area contributed by atoms with E-state index in [4.69, 9.17) is 0 Å². The molecule has 0 fully saturated rings. The van der Waals surface area contributed by atoms with Crippen molar-refractivity contribution in [1.82, 2.24) is 10.2 Å². The summed E-state index contributed by atoms with van der Waals surface area (Å²) in [7, 11) is 0. The van der Waals surface area contributed by atoms with Gasteiger partial charge in [-0.1, -0.05) is 6.07 Å². The number of non-ortho nitro benzene ring substituents is 1. The SMILES string of the molecule is O=C(Nc1ccc2cn[nH]c2c1)c1cccc([N+](=O)[O-])c1. The molecule has 0 unspecified atom stereocenters. The topological polar surface area (TPSA) is 101 Å². The number of nitro groups is 1. The fourth-order valence-corrected chi connectivity index (χ4v) is 1.98. The van der Waals surface area contributed by atoms with Crippen LogP contribution in [0, 0.1) is 10.1 Å². The second-order valence-electron chi connectivity index (χ2n) is 4.43. The minimum Gasteiger partial charge on any atom is -0.322 e. The van der Waals surface area contributed by atoms with Crippen LogP contribution in [0.2, 0.25) is 0 Å². The predicted octanol–water partition coefficient (Wildman–Crippen LogP) is 2.72. The standard InChI is InChI=1S/C14H10N4O3/c19-14(9-2-1-3-12(6-9)18(20)21)16-11-5-4-10-8-15-17-13(10)7-11/h1-8H,(H,15,17)(H,16,19). The van der Waals surface area contributed by atoms with Crippen molar-refractivity contribution < 1.29 is 9.72 Å². The van der Waals surface area contributed by atoms with Gasteiger partial charge in [0.15, 0.2) is 0 Å². The highest BCUT2D eigenvalue weighted by atomic mass is 16.6. The number of benzene rings is 2. The molecule has 0 saturated heterocycles. The third-order valence-corrected chi connectivity index (χ3v) is 3.02. The Bertz CT molecular complexity index is 841. The van der Waals surface area contributed by atoms with E-state index in [0.717, 1.165) is 10.9 Å². The highest BCUT2D eigenvalue weighted by Crippen LogP contribution is 2.18. The highest BCUT2D eigenvalue weighted by Gasteiger charge is 2.11. The number of rotatable bonds is 3. The molecule has 7 heteroatoms. The summed E-state index contributed by atoms with van der Waals surface area (Å²) in [5, 5.41) is 21.0. The van der Waals surface area contributed by atoms with Gasteiger partial charge in [-0.15, -0.1) is 0 Å². The zero-order chi connectivity index (χ0) is 14.8. The Morgan fingerprint density at radius 1 is 1.24 bits per heavy atom. The van der Waals surface area contributed by atoms with Crippen molar-refractivity contribution in [1.29, 1.82) is 0 Å². The summed E-state index contributed by atoms with van der Waals surface area (Å²) in [6, 6.07) is 10.9. The Labute approximate surface area is 118 Å². The smallest absolute Gasteiger partial charge is 0.270 e. The number of aromatic amines is 1. The molecule has 0 aliphatic rings. The first kappa shape index (κ1) is 12.8. The Morgan fingerprint density at radius 3 is 2.90 bits per heavy atom. The summed E-state index contributed by atoms with van der Waals surface area (Å²) in [5.41, 5.74) is 1.50. The summed E-state index contributed by atoms with van der Waals surface area (Å²) in [4.78, 5) is 22.3. The number of nitrogens with one attached hydrogen (secondary N) is 2. The monoisotopic (exact) mass is 282 g/mol. The average Bonchev–Trinajstić information content (AvgIpc) is 2.95. The van der Waals surface area contributed by atoms with Crippen molar-refractivity contribution in [2.45, 2.75) is 0 Å². The molecule has 3 aromatic rings. The molecule has 1 aromatic heterocycles. The lowest BCUT2D eigenvalue weighted by atomic mass is 10.2. The molecule has 0 radical (unpaired) electrons. The lowest BCUT2D eigenvalue weighted by molar-refractivity contribution is -0.384. The van der Waals surface area contributed by atoms with Gasteiger partial charge in [0.2, 0.25) is 0 Å². The van der Waals surface area contributed by atoms with Gasteiger partial charge in [-0.2, -0.15) is 5.10 Å². The summed E-state index contributed by atoms with van der Waals surface area (Å²) in [6.07, 6.45) is 1.68. The first-order chi connectivity index (χ1) is 10.1. The van der Waals surface area contributed by atoms with Crippen molar-refractivity contribution in [2.24, 2.45) is 0 Å². The number of carbonyl (C=O) groups is 1. The molecular weight excluding hydrogens is 272 g/mol. The third-order valence-electron chi connectivity index (χ3n) is 3.02. The number of anilines is 1. The maximum atomic E-state index is 12.1. The number of hydrogen-bond donors (Lipinski definition) is 2. The normalized spacial score (nSPS) is 10.5. The molecule has 1 heterocycles. The number of carbonyl (C=O) groups excluding carboxylic acids is 1. The van der Waals surface area contributed by atoms with Gasteiger partial charge in [-0.25, -0.2) is 0 Å². The molecular formula is C14H10N4O3. The van der Waals surface area contributed by atoms with Gasteiger partial charge >= 0.3 is 0 Å². The van der Waals surface area contributed by atoms with Crippen LogP contribution in [0.4, 0.5) is 11.4 Å². The quantitative estimate of drug-likeness (QED) is 0.569. The van der Waals surface area contributed by atoms with E-state index in [1.807, 2.05) is 6.07 Å². The van der Waals surface area contributed by atoms with Crippen LogP contribution in [0.5, 0.6) is 0 Å². The Balaban J connectivity index is 1.85. The van der Waals surface area contributed by atoms with Gasteiger partial charge in [0.25, 0.3) is 11.6 Å². The molecule has 0 bridgehead atoms. The van der Waals surface area contributed by atoms with Crippen molar-refractivity contribution in [3.05, 3.63) is 64.3 Å². The third kappa shape index (κ3) is 2.57. The minimum absolute atomic E-state index is 0.119. The van der Waals surface area contributed by atoms with Gasteiger partial charge in [0.05, 0.1) is 16.6 Å². The Morgan fingerprint density at radius 2 is 2.10 bits per heavy atom. The van der Waals surface area contributed by atoms with E-state index in [-0.39, 0.29) is 11.3 Å². The fraction of sp³-hybridized carbons (Fsp3) is 0. The lowest BCUT2D eigenvalue weighted by Gasteiger charge is -2.05. The summed E-state index contributed by atoms with van der Waals surface area (Å²) >= 11 is 0. The number of hydrogen-bond acceptors (Lipinski definition) is 4. The number of nitro benzene ring substituents is 1. The van der Waals surface area contributed by atoms with E-state index < -0.39 is 10.8 Å². The fourth-order valence-electron chi connectivity index (χ4n) is 1.98. The van der Waals surface area contributed by atoms with E-state index in [1.165, 1.54) is 24.3 Å². The van der Waals surface area contributed by atoms with E-state index in [2.05, 4.69) is 15.5 Å². The molecule has 0 aliphatic carbocycles. The van der Waals surface area contributed by atoms with Gasteiger partial charge in [-0.3, -0.25) is 20.0 Å². The summed E-state index contributed by atoms with van der Waals surface area (Å²) < 4.78 is 0. The zero-order valence-electron chi connectivity index (χ0n) is 10.7. The van der Waals surface area contributed by atoms with Crippen LogP contribution < -0.4 is 5.32 Å². The van der Waals surface area contributed by atoms with Crippen LogP contribution in [-0.2, 0) is 0 Å². The summed E-state index contributed by atoms with van der Waals surface area (Å²) in [5.74, 6) is -0.405. The lowest BCUT2D eigenvalue weighted by Crippen LogP contribution is -2.12. The minimum atomic E-state index is -0.534. The predicted molar refractivity (Wildman–Crippen MR) is 77.1 cm³/mol. The van der Waals surface area contributed by atoms with Crippen LogP contribution in [0.15, 0.2) is 48.7 Å². The second-order valence-corrected chi connectivity index (χ2v) is 4.43. The molecule has 0 spiro atoms. The number of H-pyrrole nitrogens is 1. The van der Waals surface area contributed by atoms with Crippen molar-refractivity contribution in [3.63, 3.8) is 0 Å². The molecule has 7 nitrogen and oxygen atoms in total. The molecule has 21 heavy (non-hydrogen) atoms. The molecule has 0 atom stereocenters. The second kappa shape index (κ2) is 5.04. The Kier molecular flexibility index (Phi) is 3.07. The number of nitrogens with zero attached hydrogens (tertiary/aromatic N) is 2. The molecule has 104 valence electrons. The largest absolute Gasteiger partial charge is 0.322 e. The molecule has 2 N–H and O–H groups in total. The molecule has 1 amide bonds. The maximum Gasteiger partial charge on any atom is 0.270 e. The summed E-state index contributed by atoms with van der Waals surface area (Å²) in [6.45, 7) is 0. The van der Waals surface area contributed by atoms with Crippen molar-refractivity contribution >= 4 is 28.2 Å². The zero-order valence-corrected chi connectivity index (χ0v) is 10.7. The van der Waals surface area contributed by atoms with E-state index in [1.54, 1.807) is 18.3 Å². The number of aromatic nitrogens is 2. The van der Waals surface area contributed by atoms with E-state index >= 15 is 0 Å². The number of amides is 1. The Hall–Kier alpha value is -3.22. The number of fused-ring (bicyclic) bond motifs is 1. The molecule has 3 rings (SSSR count). The van der Waals surface area contributed by atoms with Crippen LogP contribution in [0.1, 0.15) is 10.4 Å². The first-order valence-corrected chi connectivity index (χ1v) is 6.12. The molecule has 0 aliphatic heterocycles. The average molecular weight is 282 g/mol. The van der Waals surface area contributed by atoms with Crippen molar-refractivity contribution in [2.75, 3.05) is 5.32 Å². The van der Waals surface area contributed by atoms with Gasteiger partial charge in [-0.05, 0) is 24.3 Å². The maximum absolute atomic E-state index is 12.1. The van der Waals surface area contributed by atoms with Gasteiger partial charge < -0.3 is 5.32 Å². The van der Waals surface area contributed by atoms with Crippen LogP contribution in [0.25, 0.3) is 10.9 Å². The first-order valence-electron chi connectivity index (χ1n) is 6.12. The molecule has 0 saturated carbocycles. The van der Waals surface area contributed by atoms with E-state index in [0.29, 0.717) is 5.69 Å².